The molecular weight excluding hydrogens is 262 g/mol. The van der Waals surface area contributed by atoms with E-state index in [2.05, 4.69) is 45.1 Å². The van der Waals surface area contributed by atoms with E-state index in [0.717, 1.165) is 37.5 Å². The predicted molar refractivity (Wildman–Crippen MR) is 89.5 cm³/mol. The van der Waals surface area contributed by atoms with E-state index in [1.165, 1.54) is 18.4 Å². The van der Waals surface area contributed by atoms with Crippen LogP contribution in [0.2, 0.25) is 0 Å². The van der Waals surface area contributed by atoms with Crippen LogP contribution in [0.3, 0.4) is 0 Å². The predicted octanol–water partition coefficient (Wildman–Crippen LogP) is 4.19. The molecule has 0 radical (unpaired) electrons. The van der Waals surface area contributed by atoms with E-state index >= 15 is 0 Å². The number of unbranched alkanes of at least 4 members (excludes halogenated alkanes) is 2. The van der Waals surface area contributed by atoms with E-state index in [-0.39, 0.29) is 5.54 Å². The van der Waals surface area contributed by atoms with Crippen LogP contribution in [-0.2, 0) is 6.42 Å². The molecule has 0 unspecified atom stereocenters. The van der Waals surface area contributed by atoms with Crippen molar-refractivity contribution in [2.24, 2.45) is 0 Å². The number of ether oxygens (including phenoxy) is 2. The van der Waals surface area contributed by atoms with Crippen molar-refractivity contribution in [1.82, 2.24) is 5.32 Å². The summed E-state index contributed by atoms with van der Waals surface area (Å²) in [5.41, 5.74) is 1.48. The fourth-order valence-corrected chi connectivity index (χ4v) is 2.10. The Balaban J connectivity index is 2.24. The van der Waals surface area contributed by atoms with Gasteiger partial charge in [-0.15, -0.1) is 0 Å². The second-order valence-corrected chi connectivity index (χ2v) is 6.42. The highest BCUT2D eigenvalue weighted by molar-refractivity contribution is 5.42. The molecule has 0 heterocycles. The van der Waals surface area contributed by atoms with Crippen LogP contribution in [-0.4, -0.2) is 25.8 Å². The lowest BCUT2D eigenvalue weighted by molar-refractivity contribution is 0.284. The summed E-state index contributed by atoms with van der Waals surface area (Å²) in [6, 6.07) is 6.17. The summed E-state index contributed by atoms with van der Waals surface area (Å²) in [6.45, 7) is 10.5. The van der Waals surface area contributed by atoms with Crippen LogP contribution in [0.1, 0.15) is 52.5 Å². The molecule has 0 saturated carbocycles. The fraction of sp³-hybridized carbons (Fsp3) is 0.667. The zero-order valence-corrected chi connectivity index (χ0v) is 14.3. The lowest BCUT2D eigenvalue weighted by Crippen LogP contribution is -2.36. The summed E-state index contributed by atoms with van der Waals surface area (Å²) in [5, 5.41) is 3.50. The molecule has 0 amide bonds. The van der Waals surface area contributed by atoms with Crippen molar-refractivity contribution >= 4 is 0 Å². The van der Waals surface area contributed by atoms with Gasteiger partial charge in [0.2, 0.25) is 0 Å². The lowest BCUT2D eigenvalue weighted by Gasteiger charge is -2.20. The molecule has 0 aliphatic carbocycles. The average Bonchev–Trinajstić information content (AvgIpc) is 2.45. The van der Waals surface area contributed by atoms with Crippen molar-refractivity contribution in [3.05, 3.63) is 23.8 Å². The van der Waals surface area contributed by atoms with Crippen molar-refractivity contribution < 1.29 is 9.47 Å². The molecule has 0 spiro atoms. The Bertz CT molecular complexity index is 410. The van der Waals surface area contributed by atoms with Crippen LogP contribution in [0.25, 0.3) is 0 Å². The van der Waals surface area contributed by atoms with Gasteiger partial charge in [0.15, 0.2) is 11.5 Å². The fourth-order valence-electron chi connectivity index (χ4n) is 2.10. The molecule has 0 bridgehead atoms. The number of methoxy groups -OCH3 is 1. The highest BCUT2D eigenvalue weighted by atomic mass is 16.5. The number of hydrogen-bond donors (Lipinski definition) is 1. The summed E-state index contributed by atoms with van der Waals surface area (Å²) < 4.78 is 11.2. The van der Waals surface area contributed by atoms with Crippen molar-refractivity contribution in [1.29, 1.82) is 0 Å². The molecule has 3 heteroatoms. The van der Waals surface area contributed by atoms with Gasteiger partial charge in [-0.25, -0.2) is 0 Å². The molecular formula is C18H31NO2. The maximum Gasteiger partial charge on any atom is 0.161 e. The molecule has 3 nitrogen and oxygen atoms in total. The molecule has 1 aromatic carbocycles. The number of nitrogens with one attached hydrogen (secondary N) is 1. The van der Waals surface area contributed by atoms with Crippen LogP contribution < -0.4 is 14.8 Å². The van der Waals surface area contributed by atoms with E-state index < -0.39 is 0 Å². The van der Waals surface area contributed by atoms with Crippen molar-refractivity contribution in [2.45, 2.75) is 58.9 Å². The Labute approximate surface area is 130 Å². The van der Waals surface area contributed by atoms with Gasteiger partial charge in [-0.05, 0) is 70.7 Å². The maximum absolute atomic E-state index is 5.83. The molecule has 0 aliphatic heterocycles. The highest BCUT2D eigenvalue weighted by Crippen LogP contribution is 2.28. The topological polar surface area (TPSA) is 30.5 Å². The first kappa shape index (κ1) is 17.8. The molecule has 0 aromatic heterocycles. The second-order valence-electron chi connectivity index (χ2n) is 6.42. The molecule has 0 atom stereocenters. The first-order valence-corrected chi connectivity index (χ1v) is 8.01. The third-order valence-electron chi connectivity index (χ3n) is 3.37. The van der Waals surface area contributed by atoms with Crippen molar-refractivity contribution in [3.63, 3.8) is 0 Å². The van der Waals surface area contributed by atoms with Gasteiger partial charge >= 0.3 is 0 Å². The average molecular weight is 293 g/mol. The number of hydrogen-bond acceptors (Lipinski definition) is 3. The minimum absolute atomic E-state index is 0.213. The zero-order chi connectivity index (χ0) is 15.7. The zero-order valence-electron chi connectivity index (χ0n) is 14.3. The molecule has 21 heavy (non-hydrogen) atoms. The molecule has 0 aliphatic rings. The van der Waals surface area contributed by atoms with Crippen LogP contribution >= 0.6 is 0 Å². The van der Waals surface area contributed by atoms with Gasteiger partial charge in [0.05, 0.1) is 13.7 Å². The van der Waals surface area contributed by atoms with Crippen LogP contribution in [0.4, 0.5) is 0 Å². The first-order chi connectivity index (χ1) is 9.96. The van der Waals surface area contributed by atoms with Gasteiger partial charge in [-0.3, -0.25) is 0 Å². The summed E-state index contributed by atoms with van der Waals surface area (Å²) in [7, 11) is 1.69. The van der Waals surface area contributed by atoms with Gasteiger partial charge in [0.25, 0.3) is 0 Å². The number of rotatable bonds is 9. The third kappa shape index (κ3) is 7.37. The SMILES string of the molecule is CCc1ccc(OCCCCCNC(C)(C)C)c(OC)c1. The normalized spacial score (nSPS) is 11.5. The Hall–Kier alpha value is -1.22. The first-order valence-electron chi connectivity index (χ1n) is 8.01. The van der Waals surface area contributed by atoms with Gasteiger partial charge in [0, 0.05) is 5.54 Å². The molecule has 1 rings (SSSR count). The van der Waals surface area contributed by atoms with Crippen LogP contribution in [0.15, 0.2) is 18.2 Å². The Morgan fingerprint density at radius 1 is 1.05 bits per heavy atom. The Morgan fingerprint density at radius 2 is 1.81 bits per heavy atom. The minimum atomic E-state index is 0.213. The van der Waals surface area contributed by atoms with Gasteiger partial charge < -0.3 is 14.8 Å². The van der Waals surface area contributed by atoms with E-state index in [9.17, 15) is 0 Å². The lowest BCUT2D eigenvalue weighted by atomic mass is 10.1. The maximum atomic E-state index is 5.83. The summed E-state index contributed by atoms with van der Waals surface area (Å²) >= 11 is 0. The van der Waals surface area contributed by atoms with Gasteiger partial charge in [0.1, 0.15) is 0 Å². The Morgan fingerprint density at radius 3 is 2.43 bits per heavy atom. The third-order valence-corrected chi connectivity index (χ3v) is 3.37. The number of benzene rings is 1. The van der Waals surface area contributed by atoms with Crippen molar-refractivity contribution in [3.8, 4) is 11.5 Å². The largest absolute Gasteiger partial charge is 0.493 e. The minimum Gasteiger partial charge on any atom is -0.493 e. The van der Waals surface area contributed by atoms with E-state index in [1.807, 2.05) is 6.07 Å². The monoisotopic (exact) mass is 293 g/mol. The smallest absolute Gasteiger partial charge is 0.161 e. The second kappa shape index (κ2) is 8.93. The number of aryl methyl sites for hydroxylation is 1. The molecule has 0 saturated heterocycles. The van der Waals surface area contributed by atoms with Crippen LogP contribution in [0.5, 0.6) is 11.5 Å². The highest BCUT2D eigenvalue weighted by Gasteiger charge is 2.07. The van der Waals surface area contributed by atoms with Crippen molar-refractivity contribution in [2.75, 3.05) is 20.3 Å². The van der Waals surface area contributed by atoms with Gasteiger partial charge in [-0.2, -0.15) is 0 Å². The van der Waals surface area contributed by atoms with E-state index in [0.29, 0.717) is 0 Å². The quantitative estimate of drug-likeness (QED) is 0.692. The molecule has 0 fully saturated rings. The van der Waals surface area contributed by atoms with E-state index in [1.54, 1.807) is 7.11 Å². The molecule has 1 N–H and O–H groups in total. The summed E-state index contributed by atoms with van der Waals surface area (Å²) in [5.74, 6) is 1.69. The summed E-state index contributed by atoms with van der Waals surface area (Å²) in [4.78, 5) is 0. The van der Waals surface area contributed by atoms with Crippen LogP contribution in [0, 0.1) is 0 Å². The van der Waals surface area contributed by atoms with Gasteiger partial charge in [-0.1, -0.05) is 13.0 Å². The molecule has 1 aromatic rings. The summed E-state index contributed by atoms with van der Waals surface area (Å²) in [6.07, 6.45) is 4.45. The molecule has 120 valence electrons. The van der Waals surface area contributed by atoms with E-state index in [4.69, 9.17) is 9.47 Å². The standard InChI is InChI=1S/C18H31NO2/c1-6-15-10-11-16(17(14-15)20-5)21-13-9-7-8-12-19-18(2,3)4/h10-11,14,19H,6-9,12-13H2,1-5H3. The Kier molecular flexibility index (Phi) is 7.58.